The lowest BCUT2D eigenvalue weighted by atomic mass is 9.85. The number of aryl methyl sites for hydroxylation is 1. The first-order valence-electron chi connectivity index (χ1n) is 8.78. The fourth-order valence-corrected chi connectivity index (χ4v) is 4.10. The van der Waals surface area contributed by atoms with E-state index in [-0.39, 0.29) is 36.8 Å². The molecular formula is C19H22FN3O3. The first-order chi connectivity index (χ1) is 12.3. The maximum atomic E-state index is 14.0. The van der Waals surface area contributed by atoms with Gasteiger partial charge in [0.2, 0.25) is 0 Å². The summed E-state index contributed by atoms with van der Waals surface area (Å²) in [5.41, 5.74) is 1.10. The fourth-order valence-electron chi connectivity index (χ4n) is 4.10. The van der Waals surface area contributed by atoms with E-state index in [1.165, 1.54) is 11.0 Å². The number of amides is 1. The van der Waals surface area contributed by atoms with Crippen LogP contribution in [0.4, 0.5) is 4.39 Å². The summed E-state index contributed by atoms with van der Waals surface area (Å²) >= 11 is 0. The van der Waals surface area contributed by atoms with Gasteiger partial charge < -0.3 is 14.7 Å². The van der Waals surface area contributed by atoms with Crippen molar-refractivity contribution in [3.05, 3.63) is 52.6 Å². The maximum absolute atomic E-state index is 14.0. The molecule has 26 heavy (non-hydrogen) atoms. The van der Waals surface area contributed by atoms with Gasteiger partial charge in [0.25, 0.3) is 5.91 Å². The molecule has 1 N–H and O–H groups in total. The van der Waals surface area contributed by atoms with Gasteiger partial charge in [-0.25, -0.2) is 4.39 Å². The third-order valence-corrected chi connectivity index (χ3v) is 5.28. The molecule has 2 aliphatic rings. The first-order valence-corrected chi connectivity index (χ1v) is 8.78. The van der Waals surface area contributed by atoms with Crippen molar-refractivity contribution in [1.82, 2.24) is 14.7 Å². The molecule has 1 amide bonds. The highest BCUT2D eigenvalue weighted by Crippen LogP contribution is 2.36. The second-order valence-corrected chi connectivity index (χ2v) is 7.30. The maximum Gasteiger partial charge on any atom is 0.274 e. The molecule has 1 saturated heterocycles. The average Bonchev–Trinajstić information content (AvgIpc) is 2.88. The Morgan fingerprint density at radius 1 is 1.35 bits per heavy atom. The summed E-state index contributed by atoms with van der Waals surface area (Å²) in [6.07, 6.45) is 0.513. The number of likely N-dealkylation sites (tertiary alicyclic amines) is 1. The number of aliphatic hydroxyl groups is 1. The summed E-state index contributed by atoms with van der Waals surface area (Å²) in [7, 11) is 1.80. The standard InChI is InChI=1S/C19H22FN3O3/c1-11-8-13-16(21-22(3)17(13)12(2)26-11)18(24)23-9-19(25,10-23)14-6-4-5-7-15(14)20/h4-7,11-12,25H,8-10H2,1-3H3/t11-,12+/m1/s1. The molecular weight excluding hydrogens is 337 g/mol. The van der Waals surface area contributed by atoms with Crippen molar-refractivity contribution in [1.29, 1.82) is 0 Å². The zero-order valence-corrected chi connectivity index (χ0v) is 15.1. The van der Waals surface area contributed by atoms with E-state index in [0.717, 1.165) is 11.3 Å². The van der Waals surface area contributed by atoms with Crippen molar-refractivity contribution in [2.75, 3.05) is 13.1 Å². The number of hydrogen-bond acceptors (Lipinski definition) is 4. The van der Waals surface area contributed by atoms with E-state index >= 15 is 0 Å². The Morgan fingerprint density at radius 3 is 2.73 bits per heavy atom. The molecule has 2 aliphatic heterocycles. The van der Waals surface area contributed by atoms with Gasteiger partial charge in [0.05, 0.1) is 31.0 Å². The number of carbonyl (C=O) groups is 1. The highest BCUT2D eigenvalue weighted by Gasteiger charge is 2.47. The molecule has 1 fully saturated rings. The Labute approximate surface area is 151 Å². The molecule has 3 heterocycles. The SMILES string of the molecule is C[C@@H]1Cc2c(C(=O)N3CC(O)(c4ccccc4F)C3)nn(C)c2[C@H](C)O1. The topological polar surface area (TPSA) is 67.6 Å². The summed E-state index contributed by atoms with van der Waals surface area (Å²) in [5.74, 6) is -0.693. The molecule has 4 rings (SSSR count). The Balaban J connectivity index is 1.58. The molecule has 0 spiro atoms. The van der Waals surface area contributed by atoms with Gasteiger partial charge in [0.15, 0.2) is 5.69 Å². The van der Waals surface area contributed by atoms with Crippen molar-refractivity contribution in [3.63, 3.8) is 0 Å². The Morgan fingerprint density at radius 2 is 2.04 bits per heavy atom. The molecule has 0 radical (unpaired) electrons. The normalized spacial score (nSPS) is 24.1. The quantitative estimate of drug-likeness (QED) is 0.890. The van der Waals surface area contributed by atoms with E-state index < -0.39 is 11.4 Å². The van der Waals surface area contributed by atoms with Crippen molar-refractivity contribution in [2.45, 2.75) is 38.1 Å². The van der Waals surface area contributed by atoms with Gasteiger partial charge in [0.1, 0.15) is 11.4 Å². The Hall–Kier alpha value is -2.25. The van der Waals surface area contributed by atoms with E-state index in [1.54, 1.807) is 29.9 Å². The van der Waals surface area contributed by atoms with Crippen LogP contribution >= 0.6 is 0 Å². The van der Waals surface area contributed by atoms with Crippen LogP contribution in [0.2, 0.25) is 0 Å². The van der Waals surface area contributed by atoms with E-state index in [0.29, 0.717) is 12.1 Å². The number of aromatic nitrogens is 2. The zero-order chi connectivity index (χ0) is 18.6. The minimum atomic E-state index is -1.35. The van der Waals surface area contributed by atoms with E-state index in [1.807, 2.05) is 13.8 Å². The van der Waals surface area contributed by atoms with Crippen LogP contribution in [0.25, 0.3) is 0 Å². The van der Waals surface area contributed by atoms with Crippen LogP contribution < -0.4 is 0 Å². The second kappa shape index (κ2) is 5.89. The molecule has 0 saturated carbocycles. The van der Waals surface area contributed by atoms with Gasteiger partial charge in [-0.1, -0.05) is 18.2 Å². The smallest absolute Gasteiger partial charge is 0.274 e. The van der Waals surface area contributed by atoms with Crippen LogP contribution in [-0.2, 0) is 23.8 Å². The molecule has 7 heteroatoms. The van der Waals surface area contributed by atoms with Crippen molar-refractivity contribution < 1.29 is 19.0 Å². The van der Waals surface area contributed by atoms with Crippen molar-refractivity contribution in [2.24, 2.45) is 7.05 Å². The molecule has 2 atom stereocenters. The molecule has 2 aromatic rings. The van der Waals surface area contributed by atoms with Gasteiger partial charge in [-0.15, -0.1) is 0 Å². The summed E-state index contributed by atoms with van der Waals surface area (Å²) in [4.78, 5) is 14.4. The molecule has 0 unspecified atom stereocenters. The van der Waals surface area contributed by atoms with Gasteiger partial charge >= 0.3 is 0 Å². The van der Waals surface area contributed by atoms with Crippen molar-refractivity contribution >= 4 is 5.91 Å². The number of hydrogen-bond donors (Lipinski definition) is 1. The van der Waals surface area contributed by atoms with Gasteiger partial charge in [-0.05, 0) is 19.9 Å². The average molecular weight is 359 g/mol. The number of β-amino-alcohol motifs (C(OH)–C–C–N with tert-alkyl or cyclic N) is 1. The molecule has 0 aliphatic carbocycles. The number of fused-ring (bicyclic) bond motifs is 1. The first kappa shape index (κ1) is 17.2. The van der Waals surface area contributed by atoms with Gasteiger partial charge in [0, 0.05) is 24.6 Å². The number of nitrogens with zero attached hydrogens (tertiary/aromatic N) is 3. The lowest BCUT2D eigenvalue weighted by Crippen LogP contribution is -2.61. The largest absolute Gasteiger partial charge is 0.381 e. The number of carbonyl (C=O) groups excluding carboxylic acids is 1. The van der Waals surface area contributed by atoms with Crippen LogP contribution in [0.15, 0.2) is 24.3 Å². The minimum Gasteiger partial charge on any atom is -0.381 e. The number of benzene rings is 1. The monoisotopic (exact) mass is 359 g/mol. The molecule has 138 valence electrons. The van der Waals surface area contributed by atoms with Crippen LogP contribution in [0, 0.1) is 5.82 Å². The summed E-state index contributed by atoms with van der Waals surface area (Å²) in [5, 5.41) is 15.1. The highest BCUT2D eigenvalue weighted by molar-refractivity contribution is 5.95. The highest BCUT2D eigenvalue weighted by atomic mass is 19.1. The third-order valence-electron chi connectivity index (χ3n) is 5.28. The summed E-state index contributed by atoms with van der Waals surface area (Å²) in [6, 6.07) is 6.13. The molecule has 1 aromatic carbocycles. The van der Waals surface area contributed by atoms with E-state index in [2.05, 4.69) is 5.10 Å². The lowest BCUT2D eigenvalue weighted by Gasteiger charge is -2.46. The zero-order valence-electron chi connectivity index (χ0n) is 15.1. The van der Waals surface area contributed by atoms with Gasteiger partial charge in [-0.2, -0.15) is 5.10 Å². The molecule has 0 bridgehead atoms. The van der Waals surface area contributed by atoms with Crippen molar-refractivity contribution in [3.8, 4) is 0 Å². The predicted molar refractivity (Wildman–Crippen MR) is 92.1 cm³/mol. The van der Waals surface area contributed by atoms with Gasteiger partial charge in [-0.3, -0.25) is 9.48 Å². The number of halogens is 1. The minimum absolute atomic E-state index is 0.0139. The summed E-state index contributed by atoms with van der Waals surface area (Å²) < 4.78 is 21.5. The second-order valence-electron chi connectivity index (χ2n) is 7.30. The number of ether oxygens (including phenoxy) is 1. The fraction of sp³-hybridized carbons (Fsp3) is 0.474. The summed E-state index contributed by atoms with van der Waals surface area (Å²) in [6.45, 7) is 4.03. The lowest BCUT2D eigenvalue weighted by molar-refractivity contribution is -0.0886. The van der Waals surface area contributed by atoms with Crippen LogP contribution in [0.5, 0.6) is 0 Å². The van der Waals surface area contributed by atoms with Crippen LogP contribution in [0.3, 0.4) is 0 Å². The Bertz CT molecular complexity index is 873. The van der Waals surface area contributed by atoms with Crippen LogP contribution in [-0.4, -0.2) is 44.9 Å². The van der Waals surface area contributed by atoms with E-state index in [9.17, 15) is 14.3 Å². The molecule has 1 aromatic heterocycles. The predicted octanol–water partition coefficient (Wildman–Crippen LogP) is 1.93. The van der Waals surface area contributed by atoms with E-state index in [4.69, 9.17) is 4.74 Å². The third kappa shape index (κ3) is 2.54. The number of rotatable bonds is 2. The van der Waals surface area contributed by atoms with Crippen LogP contribution in [0.1, 0.15) is 47.3 Å². The molecule has 6 nitrogen and oxygen atoms in total. The Kier molecular flexibility index (Phi) is 3.89.